The van der Waals surface area contributed by atoms with Crippen LogP contribution in [0.1, 0.15) is 19.3 Å². The molecule has 4 rings (SSSR count). The predicted octanol–water partition coefficient (Wildman–Crippen LogP) is 5.13. The Hall–Kier alpha value is -2.08. The minimum absolute atomic E-state index is 0.484. The highest BCUT2D eigenvalue weighted by molar-refractivity contribution is 5.69. The van der Waals surface area contributed by atoms with Crippen molar-refractivity contribution in [3.8, 4) is 0 Å². The minimum Gasteiger partial charge on any atom is -0.0838 e. The van der Waals surface area contributed by atoms with Crippen LogP contribution in [0.4, 0.5) is 0 Å². The fourth-order valence-corrected chi connectivity index (χ4v) is 3.58. The van der Waals surface area contributed by atoms with E-state index in [0.29, 0.717) is 5.92 Å². The van der Waals surface area contributed by atoms with Crippen LogP contribution in [-0.2, 0) is 0 Å². The molecule has 0 bridgehead atoms. The van der Waals surface area contributed by atoms with Gasteiger partial charge in [0.2, 0.25) is 0 Å². The lowest BCUT2D eigenvalue weighted by Gasteiger charge is -2.19. The maximum atomic E-state index is 2.41. The van der Waals surface area contributed by atoms with Crippen molar-refractivity contribution in [2.45, 2.75) is 19.3 Å². The van der Waals surface area contributed by atoms with Gasteiger partial charge < -0.3 is 0 Å². The first kappa shape index (κ1) is 11.7. The zero-order valence-electron chi connectivity index (χ0n) is 11.5. The van der Waals surface area contributed by atoms with Crippen LogP contribution >= 0.6 is 0 Å². The van der Waals surface area contributed by atoms with Crippen LogP contribution in [0, 0.1) is 5.92 Å². The summed E-state index contributed by atoms with van der Waals surface area (Å²) in [4.78, 5) is 0. The van der Waals surface area contributed by atoms with Gasteiger partial charge in [-0.2, -0.15) is 0 Å². The van der Waals surface area contributed by atoms with E-state index < -0.39 is 0 Å². The van der Waals surface area contributed by atoms with Crippen LogP contribution < -0.4 is 0 Å². The first-order chi connectivity index (χ1) is 9.95. The van der Waals surface area contributed by atoms with Gasteiger partial charge >= 0.3 is 0 Å². The van der Waals surface area contributed by atoms with Crippen molar-refractivity contribution >= 4 is 0 Å². The summed E-state index contributed by atoms with van der Waals surface area (Å²) in [5.74, 6) is 0.484. The third kappa shape index (κ3) is 1.76. The molecule has 4 aliphatic carbocycles. The van der Waals surface area contributed by atoms with Crippen molar-refractivity contribution in [3.63, 3.8) is 0 Å². The highest BCUT2D eigenvalue weighted by Gasteiger charge is 2.32. The molecule has 1 atom stereocenters. The minimum atomic E-state index is 0.484. The number of hydrogen-bond donors (Lipinski definition) is 0. The van der Waals surface area contributed by atoms with E-state index in [1.807, 2.05) is 0 Å². The summed E-state index contributed by atoms with van der Waals surface area (Å²) in [6.45, 7) is 0. The third-order valence-electron chi connectivity index (χ3n) is 4.45. The molecule has 0 amide bonds. The Kier molecular flexibility index (Phi) is 2.81. The number of fused-ring (bicyclic) bond motifs is 2. The molecule has 0 heterocycles. The first-order valence-electron chi connectivity index (χ1n) is 7.48. The van der Waals surface area contributed by atoms with E-state index in [0.717, 1.165) is 6.42 Å². The monoisotopic (exact) mass is 258 g/mol. The molecule has 0 N–H and O–H groups in total. The lowest BCUT2D eigenvalue weighted by molar-refractivity contribution is 0.814. The maximum Gasteiger partial charge on any atom is 0.0249 e. The fraction of sp³-hybridized carbons (Fsp3) is 0.200. The van der Waals surface area contributed by atoms with Crippen LogP contribution in [-0.4, -0.2) is 0 Å². The van der Waals surface area contributed by atoms with Crippen LogP contribution in [0.25, 0.3) is 0 Å². The Morgan fingerprint density at radius 1 is 0.850 bits per heavy atom. The van der Waals surface area contributed by atoms with Gasteiger partial charge in [-0.25, -0.2) is 0 Å². The van der Waals surface area contributed by atoms with Crippen molar-refractivity contribution in [1.29, 1.82) is 0 Å². The smallest absolute Gasteiger partial charge is 0.0249 e. The molecular formula is C20H18. The molecule has 0 fully saturated rings. The Bertz CT molecular complexity index is 682. The van der Waals surface area contributed by atoms with Gasteiger partial charge in [0.15, 0.2) is 0 Å². The summed E-state index contributed by atoms with van der Waals surface area (Å²) < 4.78 is 0. The number of hydrogen-bond acceptors (Lipinski definition) is 0. The van der Waals surface area contributed by atoms with E-state index in [2.05, 4.69) is 66.8 Å². The van der Waals surface area contributed by atoms with Crippen LogP contribution in [0.15, 0.2) is 94.7 Å². The number of rotatable bonds is 0. The molecule has 0 spiro atoms. The summed E-state index contributed by atoms with van der Waals surface area (Å²) >= 11 is 0. The zero-order valence-corrected chi connectivity index (χ0v) is 11.5. The molecule has 20 heavy (non-hydrogen) atoms. The number of allylic oxidation sites excluding steroid dienone is 16. The maximum absolute atomic E-state index is 2.41. The van der Waals surface area contributed by atoms with Gasteiger partial charge in [-0.3, -0.25) is 0 Å². The van der Waals surface area contributed by atoms with E-state index in [1.54, 1.807) is 5.57 Å². The highest BCUT2D eigenvalue weighted by Crippen LogP contribution is 2.47. The Morgan fingerprint density at radius 2 is 1.85 bits per heavy atom. The Labute approximate surface area is 120 Å². The predicted molar refractivity (Wildman–Crippen MR) is 85.2 cm³/mol. The van der Waals surface area contributed by atoms with Crippen molar-refractivity contribution in [1.82, 2.24) is 0 Å². The van der Waals surface area contributed by atoms with E-state index in [1.165, 1.54) is 35.1 Å². The lowest BCUT2D eigenvalue weighted by atomic mass is 9.84. The van der Waals surface area contributed by atoms with E-state index in [9.17, 15) is 0 Å². The summed E-state index contributed by atoms with van der Waals surface area (Å²) in [6, 6.07) is 0. The zero-order chi connectivity index (χ0) is 13.4. The van der Waals surface area contributed by atoms with Crippen molar-refractivity contribution in [3.05, 3.63) is 94.7 Å². The molecular weight excluding hydrogens is 240 g/mol. The molecule has 0 nitrogen and oxygen atoms in total. The van der Waals surface area contributed by atoms with Gasteiger partial charge in [0.25, 0.3) is 0 Å². The second kappa shape index (κ2) is 4.79. The largest absolute Gasteiger partial charge is 0.0838 e. The molecule has 0 saturated carbocycles. The topological polar surface area (TPSA) is 0 Å². The average Bonchev–Trinajstić information content (AvgIpc) is 2.72. The average molecular weight is 258 g/mol. The summed E-state index contributed by atoms with van der Waals surface area (Å²) in [6.07, 6.45) is 28.3. The normalized spacial score (nSPS) is 35.8. The van der Waals surface area contributed by atoms with Crippen LogP contribution in [0.2, 0.25) is 0 Å². The first-order valence-corrected chi connectivity index (χ1v) is 7.48. The summed E-state index contributed by atoms with van der Waals surface area (Å²) in [5.41, 5.74) is 7.37. The molecule has 0 aromatic carbocycles. The Morgan fingerprint density at radius 3 is 2.85 bits per heavy atom. The molecule has 0 saturated heterocycles. The van der Waals surface area contributed by atoms with Crippen molar-refractivity contribution in [2.75, 3.05) is 0 Å². The Balaban J connectivity index is 1.96. The van der Waals surface area contributed by atoms with E-state index in [-0.39, 0.29) is 0 Å². The third-order valence-corrected chi connectivity index (χ3v) is 4.45. The molecule has 98 valence electrons. The lowest BCUT2D eigenvalue weighted by Crippen LogP contribution is -2.05. The second-order valence-electron chi connectivity index (χ2n) is 5.62. The molecule has 1 unspecified atom stereocenters. The summed E-state index contributed by atoms with van der Waals surface area (Å²) in [7, 11) is 0. The quantitative estimate of drug-likeness (QED) is 0.528. The molecule has 0 radical (unpaired) electrons. The molecule has 0 aromatic heterocycles. The summed E-state index contributed by atoms with van der Waals surface area (Å²) in [5, 5.41) is 0. The molecule has 4 aliphatic rings. The standard InChI is InChI=1S/C20H18/c1-3-9-15-10-4-2-6-14-19-17-12-8-7-11-16(17)18(13-5-1)20(15)19/h1,3-7,9-11,13-14,19H,2,8,12H2/b3-1-,5-1?,9-3?,10-4-,13-5-,14-6-,15-9-,18-13?,20-15?. The van der Waals surface area contributed by atoms with Gasteiger partial charge in [-0.15, -0.1) is 0 Å². The molecule has 0 heteroatoms. The fourth-order valence-electron chi connectivity index (χ4n) is 3.58. The van der Waals surface area contributed by atoms with Gasteiger partial charge in [0.1, 0.15) is 0 Å². The van der Waals surface area contributed by atoms with E-state index >= 15 is 0 Å². The van der Waals surface area contributed by atoms with Gasteiger partial charge in [0.05, 0.1) is 0 Å². The van der Waals surface area contributed by atoms with E-state index in [4.69, 9.17) is 0 Å². The molecule has 0 aliphatic heterocycles. The van der Waals surface area contributed by atoms with Crippen molar-refractivity contribution < 1.29 is 0 Å². The van der Waals surface area contributed by atoms with Crippen LogP contribution in [0.5, 0.6) is 0 Å². The van der Waals surface area contributed by atoms with Gasteiger partial charge in [-0.05, 0) is 41.6 Å². The van der Waals surface area contributed by atoms with Gasteiger partial charge in [0, 0.05) is 5.92 Å². The molecule has 0 aromatic rings. The second-order valence-corrected chi connectivity index (χ2v) is 5.62. The van der Waals surface area contributed by atoms with Crippen molar-refractivity contribution in [2.24, 2.45) is 5.92 Å². The highest BCUT2D eigenvalue weighted by atomic mass is 14.4. The van der Waals surface area contributed by atoms with Gasteiger partial charge in [-0.1, -0.05) is 72.4 Å². The SMILES string of the molecule is C1=CC2=C(CC1)C1/C=C\C\C=C/C3=C/C=C\C=C/C2=C31. The van der Waals surface area contributed by atoms with Crippen LogP contribution in [0.3, 0.4) is 0 Å².